The smallest absolute Gasteiger partial charge is 0.250 e. The van der Waals surface area contributed by atoms with E-state index in [1.165, 1.54) is 12.1 Å². The predicted molar refractivity (Wildman–Crippen MR) is 301 cm³/mol. The Morgan fingerprint density at radius 2 is 0.987 bits per heavy atom. The minimum atomic E-state index is -2.23. The van der Waals surface area contributed by atoms with E-state index in [0.29, 0.717) is 50.1 Å². The first-order valence-corrected chi connectivity index (χ1v) is 33.6. The number of benzene rings is 4. The molecule has 14 nitrogen and oxygen atoms in total. The Morgan fingerprint density at radius 1 is 0.615 bits per heavy atom. The molecule has 2 saturated heterocycles. The lowest BCUT2D eigenvalue weighted by atomic mass is 9.95. The molecule has 424 valence electrons. The number of anilines is 2. The number of carbonyl (C=O) groups excluding carboxylic acids is 2. The number of likely N-dealkylation sites (tertiary alicyclic amines) is 2. The van der Waals surface area contributed by atoms with Crippen LogP contribution in [-0.4, -0.2) is 124 Å². The third-order valence-electron chi connectivity index (χ3n) is 17.8. The zero-order valence-electron chi connectivity index (χ0n) is 47.3. The Balaban J connectivity index is 0.000000190. The number of carbonyl (C=O) groups is 2. The number of para-hydroxylation sites is 2. The molecule has 8 atom stereocenters. The van der Waals surface area contributed by atoms with Crippen molar-refractivity contribution < 1.29 is 56.4 Å². The summed E-state index contributed by atoms with van der Waals surface area (Å²) >= 11 is 0. The molecule has 0 spiro atoms. The van der Waals surface area contributed by atoms with E-state index in [4.69, 9.17) is 27.8 Å². The maximum Gasteiger partial charge on any atom is 0.250 e. The van der Waals surface area contributed by atoms with E-state index in [0.717, 1.165) is 48.6 Å². The Bertz CT molecular complexity index is 2590. The van der Waals surface area contributed by atoms with Crippen LogP contribution in [0.25, 0.3) is 0 Å². The molecule has 2 saturated carbocycles. The number of halogens is 2. The van der Waals surface area contributed by atoms with Crippen molar-refractivity contribution in [3.8, 4) is 11.5 Å². The molecule has 2 amide bonds. The topological polar surface area (TPSA) is 161 Å². The van der Waals surface area contributed by atoms with Crippen molar-refractivity contribution in [2.45, 2.75) is 152 Å². The van der Waals surface area contributed by atoms with Crippen molar-refractivity contribution in [1.82, 2.24) is 9.80 Å². The quantitative estimate of drug-likeness (QED) is 0.0887. The van der Waals surface area contributed by atoms with Gasteiger partial charge in [0, 0.05) is 75.1 Å². The fourth-order valence-corrected chi connectivity index (χ4v) is 14.2. The number of aliphatic hydroxyl groups is 2. The van der Waals surface area contributed by atoms with Crippen LogP contribution in [0.5, 0.6) is 11.5 Å². The van der Waals surface area contributed by atoms with Gasteiger partial charge in [-0.25, -0.2) is 8.78 Å². The van der Waals surface area contributed by atoms with Crippen LogP contribution in [0.4, 0.5) is 20.2 Å². The number of amides is 2. The number of nitrogens with one attached hydrogen (secondary N) is 2. The van der Waals surface area contributed by atoms with E-state index in [-0.39, 0.29) is 95.9 Å². The van der Waals surface area contributed by atoms with Crippen LogP contribution in [-0.2, 0) is 41.1 Å². The summed E-state index contributed by atoms with van der Waals surface area (Å²) in [5.41, 5.74) is 1.39. The summed E-state index contributed by atoms with van der Waals surface area (Å²) in [5.74, 6) is 0.180. The van der Waals surface area contributed by atoms with E-state index in [9.17, 15) is 19.8 Å². The Morgan fingerprint density at radius 3 is 1.33 bits per heavy atom. The fraction of sp³-hybridized carbons (Fsp3) is 0.567. The summed E-state index contributed by atoms with van der Waals surface area (Å²) in [7, 11) is -4.46. The molecule has 78 heavy (non-hydrogen) atoms. The standard InChI is InChI=1S/2C30H41FN2O5Si/c2*1-29(2,3)39(4,5)38-26(20-11-21-17-36-18-27(34)32-28(21)25(31)12-20)16-33-15-22-13-24(14-30(22,35)19-33)37-23-9-7-6-8-10-23/h2*6-12,22,24,26,35H,13-19H2,1-5H3,(H,32,34)/t22-,24+,26+,30-;22-,24+,26-,30-/m11/s1. The molecule has 6 aliphatic rings. The van der Waals surface area contributed by atoms with Crippen molar-refractivity contribution in [3.63, 3.8) is 0 Å². The second-order valence-corrected chi connectivity index (χ2v) is 35.4. The number of rotatable bonds is 14. The van der Waals surface area contributed by atoms with Gasteiger partial charge in [0.2, 0.25) is 11.8 Å². The highest BCUT2D eigenvalue weighted by molar-refractivity contribution is 6.74. The zero-order valence-corrected chi connectivity index (χ0v) is 49.3. The summed E-state index contributed by atoms with van der Waals surface area (Å²) in [5, 5.41) is 28.4. The van der Waals surface area contributed by atoms with Gasteiger partial charge in [-0.1, -0.05) is 77.9 Å². The van der Waals surface area contributed by atoms with E-state index >= 15 is 8.78 Å². The average Bonchev–Trinajstić information content (AvgIpc) is 4.14. The van der Waals surface area contributed by atoms with Crippen LogP contribution < -0.4 is 20.1 Å². The van der Waals surface area contributed by atoms with Gasteiger partial charge >= 0.3 is 0 Å². The van der Waals surface area contributed by atoms with Crippen LogP contribution in [0.1, 0.15) is 102 Å². The Labute approximate surface area is 461 Å². The highest BCUT2D eigenvalue weighted by atomic mass is 28.4. The number of hydrogen-bond acceptors (Lipinski definition) is 12. The number of β-amino-alcohol motifs (C(OH)–C–C–N with tert-alkyl or cyclic N) is 2. The highest BCUT2D eigenvalue weighted by Gasteiger charge is 2.55. The second-order valence-electron chi connectivity index (χ2n) is 25.9. The molecule has 10 rings (SSSR count). The largest absolute Gasteiger partial charge is 0.490 e. The first-order chi connectivity index (χ1) is 36.7. The van der Waals surface area contributed by atoms with Crippen LogP contribution in [0, 0.1) is 23.5 Å². The molecule has 4 aliphatic heterocycles. The lowest BCUT2D eigenvalue weighted by molar-refractivity contribution is -0.121. The van der Waals surface area contributed by atoms with Gasteiger partial charge in [-0.3, -0.25) is 19.4 Å². The minimum absolute atomic E-state index is 0.0160. The molecule has 4 aromatic rings. The maximum absolute atomic E-state index is 15.3. The fourth-order valence-electron chi connectivity index (χ4n) is 11.7. The Hall–Kier alpha value is -4.61. The third kappa shape index (κ3) is 13.3. The van der Waals surface area contributed by atoms with Gasteiger partial charge in [-0.2, -0.15) is 0 Å². The third-order valence-corrected chi connectivity index (χ3v) is 26.8. The lowest BCUT2D eigenvalue weighted by Gasteiger charge is -2.40. The van der Waals surface area contributed by atoms with E-state index in [2.05, 4.69) is 88.2 Å². The normalized spacial score (nSPS) is 26.5. The number of nitrogens with zero attached hydrogens (tertiary/aromatic N) is 2. The summed E-state index contributed by atoms with van der Waals surface area (Å²) < 4.78 is 67.7. The summed E-state index contributed by atoms with van der Waals surface area (Å²) in [6.45, 7) is 25.6. The zero-order chi connectivity index (χ0) is 56.0. The summed E-state index contributed by atoms with van der Waals surface area (Å²) in [4.78, 5) is 28.4. The predicted octanol–water partition coefficient (Wildman–Crippen LogP) is 10.5. The van der Waals surface area contributed by atoms with Crippen LogP contribution in [0.2, 0.25) is 36.3 Å². The highest BCUT2D eigenvalue weighted by Crippen LogP contribution is 2.48. The van der Waals surface area contributed by atoms with Crippen LogP contribution in [0.15, 0.2) is 84.9 Å². The van der Waals surface area contributed by atoms with Gasteiger partial charge in [0.05, 0.1) is 48.0 Å². The second kappa shape index (κ2) is 22.7. The van der Waals surface area contributed by atoms with Crippen molar-refractivity contribution in [3.05, 3.63) is 119 Å². The Kier molecular flexibility index (Phi) is 16.9. The van der Waals surface area contributed by atoms with Gasteiger partial charge in [0.25, 0.3) is 0 Å². The molecule has 4 heterocycles. The van der Waals surface area contributed by atoms with Crippen molar-refractivity contribution in [2.24, 2.45) is 11.8 Å². The molecule has 0 radical (unpaired) electrons. The number of hydrogen-bond donors (Lipinski definition) is 4. The molecule has 2 aliphatic carbocycles. The molecule has 0 bridgehead atoms. The number of ether oxygens (including phenoxy) is 4. The first-order valence-electron chi connectivity index (χ1n) is 27.7. The SMILES string of the molecule is CC(C)(C)[Si](C)(C)O[C@@H](CN1C[C@H]2C[C@H](Oc3ccccc3)C[C@@]2(O)C1)c1cc(F)c2c(c1)COCC(=O)N2.CC(C)(C)[Si](C)(C)O[C@H](CN1C[C@H]2C[C@H](Oc3ccccc3)C[C@@]2(O)C1)c1cc(F)c2c(c1)COCC(=O)N2. The van der Waals surface area contributed by atoms with E-state index in [1.54, 1.807) is 0 Å². The van der Waals surface area contributed by atoms with Crippen LogP contribution in [0.3, 0.4) is 0 Å². The molecule has 0 unspecified atom stereocenters. The van der Waals surface area contributed by atoms with Crippen molar-refractivity contribution >= 4 is 39.8 Å². The molecule has 4 aromatic carbocycles. The van der Waals surface area contributed by atoms with Gasteiger partial charge in [-0.15, -0.1) is 0 Å². The van der Waals surface area contributed by atoms with Crippen molar-refractivity contribution in [1.29, 1.82) is 0 Å². The summed E-state index contributed by atoms with van der Waals surface area (Å²) in [6.07, 6.45) is 1.95. The molecule has 0 aromatic heterocycles. The van der Waals surface area contributed by atoms with E-state index < -0.39 is 39.5 Å². The van der Waals surface area contributed by atoms with Crippen molar-refractivity contribution in [2.75, 3.05) is 63.1 Å². The molecule has 4 N–H and O–H groups in total. The molecular weight excluding hydrogens is 1030 g/mol. The summed E-state index contributed by atoms with van der Waals surface area (Å²) in [6, 6.07) is 26.3. The number of fused-ring (bicyclic) bond motifs is 4. The monoisotopic (exact) mass is 1110 g/mol. The molecule has 4 fully saturated rings. The van der Waals surface area contributed by atoms with Gasteiger partial charge in [0.1, 0.15) is 48.6 Å². The van der Waals surface area contributed by atoms with Crippen LogP contribution >= 0.6 is 0 Å². The minimum Gasteiger partial charge on any atom is -0.490 e. The molecule has 18 heteroatoms. The van der Waals surface area contributed by atoms with E-state index in [1.807, 2.05) is 72.8 Å². The lowest BCUT2D eigenvalue weighted by Crippen LogP contribution is -2.44. The van der Waals surface area contributed by atoms with Gasteiger partial charge < -0.3 is 48.6 Å². The average molecular weight is 1110 g/mol. The first kappa shape index (κ1) is 58.1. The molecular formula is C60H82F2N4O10Si2. The maximum atomic E-state index is 15.3. The van der Waals surface area contributed by atoms with Gasteiger partial charge in [0.15, 0.2) is 16.6 Å². The van der Waals surface area contributed by atoms with Gasteiger partial charge in [-0.05, 0) is 109 Å².